The van der Waals surface area contributed by atoms with Crippen molar-refractivity contribution >= 4 is 16.9 Å². The molecule has 0 aliphatic heterocycles. The largest absolute Gasteiger partial charge is 0.274 e. The third-order valence-corrected chi connectivity index (χ3v) is 3.03. The van der Waals surface area contributed by atoms with Gasteiger partial charge in [0, 0.05) is 5.92 Å². The maximum atomic E-state index is 12.2. The molecule has 0 fully saturated rings. The van der Waals surface area contributed by atoms with Crippen LogP contribution in [0.5, 0.6) is 0 Å². The Kier molecular flexibility index (Phi) is 3.04. The Bertz CT molecular complexity index is 497. The molecule has 2 rings (SSSR count). The van der Waals surface area contributed by atoms with E-state index in [1.165, 1.54) is 0 Å². The van der Waals surface area contributed by atoms with Crippen molar-refractivity contribution in [2.24, 2.45) is 5.92 Å². The number of nitrogens with zero attached hydrogens (tertiary/aromatic N) is 2. The number of carbonyl (C=O) groups is 1. The monoisotopic (exact) mass is 216 g/mol. The Morgan fingerprint density at radius 3 is 2.69 bits per heavy atom. The quantitative estimate of drug-likeness (QED) is 0.790. The van der Waals surface area contributed by atoms with Crippen molar-refractivity contribution in [1.82, 2.24) is 9.55 Å². The molecule has 1 aromatic heterocycles. The van der Waals surface area contributed by atoms with Gasteiger partial charge in [0.2, 0.25) is 5.91 Å². The van der Waals surface area contributed by atoms with Crippen LogP contribution in [0.1, 0.15) is 31.5 Å². The lowest BCUT2D eigenvalue weighted by Gasteiger charge is -2.11. The highest BCUT2D eigenvalue weighted by atomic mass is 16.2. The van der Waals surface area contributed by atoms with Gasteiger partial charge in [-0.05, 0) is 25.0 Å². The van der Waals surface area contributed by atoms with Crippen LogP contribution in [0.15, 0.2) is 30.6 Å². The third kappa shape index (κ3) is 1.73. The SMILES string of the molecule is CCC(CC)C(=O)n1cnc2ccccc21. The van der Waals surface area contributed by atoms with Crippen molar-refractivity contribution in [1.29, 1.82) is 0 Å². The van der Waals surface area contributed by atoms with Gasteiger partial charge < -0.3 is 0 Å². The normalized spacial score (nSPS) is 11.2. The van der Waals surface area contributed by atoms with Gasteiger partial charge in [0.05, 0.1) is 11.0 Å². The first kappa shape index (κ1) is 10.9. The molecule has 0 amide bonds. The van der Waals surface area contributed by atoms with Gasteiger partial charge in [-0.15, -0.1) is 0 Å². The third-order valence-electron chi connectivity index (χ3n) is 3.03. The van der Waals surface area contributed by atoms with Gasteiger partial charge in [-0.1, -0.05) is 26.0 Å². The minimum Gasteiger partial charge on any atom is -0.274 e. The molecule has 0 N–H and O–H groups in total. The fourth-order valence-electron chi connectivity index (χ4n) is 1.97. The highest BCUT2D eigenvalue weighted by Gasteiger charge is 2.17. The first-order chi connectivity index (χ1) is 7.77. The zero-order chi connectivity index (χ0) is 11.5. The maximum absolute atomic E-state index is 12.2. The van der Waals surface area contributed by atoms with Crippen LogP contribution in [0.2, 0.25) is 0 Å². The molecule has 1 heterocycles. The van der Waals surface area contributed by atoms with Crippen molar-refractivity contribution in [2.75, 3.05) is 0 Å². The molecule has 0 aliphatic carbocycles. The zero-order valence-corrected chi connectivity index (χ0v) is 9.68. The standard InChI is InChI=1S/C13H16N2O/c1-3-10(4-2)13(16)15-9-14-11-7-5-6-8-12(11)15/h5-10H,3-4H2,1-2H3. The molecule has 0 aliphatic rings. The van der Waals surface area contributed by atoms with E-state index in [9.17, 15) is 4.79 Å². The second-order valence-corrected chi connectivity index (χ2v) is 3.95. The van der Waals surface area contributed by atoms with Crippen molar-refractivity contribution in [3.8, 4) is 0 Å². The minimum absolute atomic E-state index is 0.0950. The summed E-state index contributed by atoms with van der Waals surface area (Å²) < 4.78 is 1.67. The van der Waals surface area contributed by atoms with E-state index in [0.717, 1.165) is 23.9 Å². The molecule has 0 saturated carbocycles. The van der Waals surface area contributed by atoms with Crippen molar-refractivity contribution in [3.63, 3.8) is 0 Å². The van der Waals surface area contributed by atoms with Crippen molar-refractivity contribution in [3.05, 3.63) is 30.6 Å². The van der Waals surface area contributed by atoms with Gasteiger partial charge in [0.1, 0.15) is 6.33 Å². The Morgan fingerprint density at radius 2 is 2.00 bits per heavy atom. The number of hydrogen-bond donors (Lipinski definition) is 0. The van der Waals surface area contributed by atoms with Crippen molar-refractivity contribution in [2.45, 2.75) is 26.7 Å². The van der Waals surface area contributed by atoms with Gasteiger partial charge in [-0.3, -0.25) is 9.36 Å². The summed E-state index contributed by atoms with van der Waals surface area (Å²) in [7, 11) is 0. The van der Waals surface area contributed by atoms with Crippen molar-refractivity contribution < 1.29 is 4.79 Å². The second kappa shape index (κ2) is 4.47. The lowest BCUT2D eigenvalue weighted by molar-refractivity contribution is 0.0832. The molecule has 0 atom stereocenters. The Morgan fingerprint density at radius 1 is 1.31 bits per heavy atom. The summed E-state index contributed by atoms with van der Waals surface area (Å²) in [6.45, 7) is 4.09. The van der Waals surface area contributed by atoms with Gasteiger partial charge in [-0.2, -0.15) is 0 Å². The van der Waals surface area contributed by atoms with E-state index >= 15 is 0 Å². The predicted octanol–water partition coefficient (Wildman–Crippen LogP) is 3.11. The molecule has 84 valence electrons. The molecule has 3 nitrogen and oxygen atoms in total. The molecule has 1 aromatic carbocycles. The van der Waals surface area contributed by atoms with Gasteiger partial charge in [0.15, 0.2) is 0 Å². The first-order valence-electron chi connectivity index (χ1n) is 5.74. The zero-order valence-electron chi connectivity index (χ0n) is 9.68. The van der Waals surface area contributed by atoms with Crippen LogP contribution in [-0.4, -0.2) is 15.5 Å². The lowest BCUT2D eigenvalue weighted by atomic mass is 10.0. The van der Waals surface area contributed by atoms with Crippen LogP contribution >= 0.6 is 0 Å². The smallest absolute Gasteiger partial charge is 0.235 e. The first-order valence-corrected chi connectivity index (χ1v) is 5.74. The number of aromatic nitrogens is 2. The predicted molar refractivity (Wildman–Crippen MR) is 64.4 cm³/mol. The van der Waals surface area contributed by atoms with E-state index in [-0.39, 0.29) is 11.8 Å². The second-order valence-electron chi connectivity index (χ2n) is 3.95. The fraction of sp³-hybridized carbons (Fsp3) is 0.385. The molecule has 0 unspecified atom stereocenters. The Balaban J connectivity index is 2.43. The number of imidazole rings is 1. The number of carbonyl (C=O) groups excluding carboxylic acids is 1. The average molecular weight is 216 g/mol. The fourth-order valence-corrected chi connectivity index (χ4v) is 1.97. The molecule has 0 bridgehead atoms. The van der Waals surface area contributed by atoms with E-state index in [0.29, 0.717) is 0 Å². The highest BCUT2D eigenvalue weighted by molar-refractivity contribution is 5.91. The molecule has 0 radical (unpaired) electrons. The summed E-state index contributed by atoms with van der Waals surface area (Å²) in [5.74, 6) is 0.247. The van der Waals surface area contributed by atoms with Crippen LogP contribution in [0, 0.1) is 5.92 Å². The van der Waals surface area contributed by atoms with E-state index in [1.54, 1.807) is 10.9 Å². The summed E-state index contributed by atoms with van der Waals surface area (Å²) in [5.41, 5.74) is 1.78. The topological polar surface area (TPSA) is 34.9 Å². The van der Waals surface area contributed by atoms with Gasteiger partial charge in [-0.25, -0.2) is 4.98 Å². The van der Waals surface area contributed by atoms with Crippen LogP contribution in [0.3, 0.4) is 0 Å². The summed E-state index contributed by atoms with van der Waals surface area (Å²) >= 11 is 0. The van der Waals surface area contributed by atoms with Crippen LogP contribution in [0.4, 0.5) is 0 Å². The molecule has 3 heteroatoms. The average Bonchev–Trinajstić information content (AvgIpc) is 2.74. The van der Waals surface area contributed by atoms with Gasteiger partial charge in [0.25, 0.3) is 0 Å². The van der Waals surface area contributed by atoms with Crippen LogP contribution in [0.25, 0.3) is 11.0 Å². The lowest BCUT2D eigenvalue weighted by Crippen LogP contribution is -2.19. The number of hydrogen-bond acceptors (Lipinski definition) is 2. The van der Waals surface area contributed by atoms with Crippen LogP contribution in [-0.2, 0) is 0 Å². The number of para-hydroxylation sites is 2. The van der Waals surface area contributed by atoms with E-state index in [1.807, 2.05) is 38.1 Å². The summed E-state index contributed by atoms with van der Waals surface area (Å²) in [6, 6.07) is 7.72. The molecule has 0 spiro atoms. The molecular formula is C13H16N2O. The molecule has 16 heavy (non-hydrogen) atoms. The van der Waals surface area contributed by atoms with E-state index < -0.39 is 0 Å². The number of benzene rings is 1. The van der Waals surface area contributed by atoms with Gasteiger partial charge >= 0.3 is 0 Å². The Labute approximate surface area is 95.1 Å². The van der Waals surface area contributed by atoms with E-state index in [2.05, 4.69) is 4.98 Å². The summed E-state index contributed by atoms with van der Waals surface area (Å²) in [5, 5.41) is 0. The summed E-state index contributed by atoms with van der Waals surface area (Å²) in [6.07, 6.45) is 3.38. The van der Waals surface area contributed by atoms with Crippen LogP contribution < -0.4 is 0 Å². The number of rotatable bonds is 3. The van der Waals surface area contributed by atoms with E-state index in [4.69, 9.17) is 0 Å². The molecule has 0 saturated heterocycles. The number of fused-ring (bicyclic) bond motifs is 1. The maximum Gasteiger partial charge on any atom is 0.235 e. The minimum atomic E-state index is 0.0950. The molecule has 2 aromatic rings. The highest BCUT2D eigenvalue weighted by Crippen LogP contribution is 2.17. The Hall–Kier alpha value is -1.64. The molecular weight excluding hydrogens is 200 g/mol. The summed E-state index contributed by atoms with van der Waals surface area (Å²) in [4.78, 5) is 16.4.